The van der Waals surface area contributed by atoms with Crippen molar-refractivity contribution in [2.45, 2.75) is 31.7 Å². The molecule has 2 rings (SSSR count). The van der Waals surface area contributed by atoms with Gasteiger partial charge in [0, 0.05) is 12.6 Å². The highest BCUT2D eigenvalue weighted by atomic mass is 32.2. The summed E-state index contributed by atoms with van der Waals surface area (Å²) in [4.78, 5) is 0.125. The van der Waals surface area contributed by atoms with E-state index in [1.807, 2.05) is 31.2 Å². The molecule has 24 heavy (non-hydrogen) atoms. The van der Waals surface area contributed by atoms with E-state index in [0.29, 0.717) is 17.9 Å². The summed E-state index contributed by atoms with van der Waals surface area (Å²) >= 11 is 0. The van der Waals surface area contributed by atoms with Crippen LogP contribution in [0.1, 0.15) is 31.0 Å². The zero-order chi connectivity index (χ0) is 17.9. The van der Waals surface area contributed by atoms with E-state index in [0.717, 1.165) is 5.56 Å². The van der Waals surface area contributed by atoms with Crippen molar-refractivity contribution in [3.63, 3.8) is 0 Å². The molecule has 0 fully saturated rings. The lowest BCUT2D eigenvalue weighted by molar-refractivity contribution is 0.354. The van der Waals surface area contributed by atoms with E-state index < -0.39 is 15.8 Å². The van der Waals surface area contributed by atoms with E-state index in [2.05, 4.69) is 0 Å². The molecule has 0 bridgehead atoms. The maximum absolute atomic E-state index is 13.3. The zero-order valence-electron chi connectivity index (χ0n) is 14.3. The van der Waals surface area contributed by atoms with Crippen LogP contribution in [0.5, 0.6) is 5.75 Å². The molecule has 0 aliphatic rings. The lowest BCUT2D eigenvalue weighted by Crippen LogP contribution is -2.34. The normalized spacial score (nSPS) is 13.1. The topological polar surface area (TPSA) is 46.6 Å². The Balaban J connectivity index is 2.45. The number of halogens is 1. The second kappa shape index (κ2) is 7.32. The van der Waals surface area contributed by atoms with Crippen molar-refractivity contribution in [3.8, 4) is 5.75 Å². The first-order chi connectivity index (χ1) is 11.3. The molecular formula is C18H22FNO3S. The standard InChI is InChI=1S/C18H22FNO3S/c1-5-20(14(3)15-7-6-8-17(12-15)23-4)24(21,22)18-10-9-16(19)11-13(18)2/h6-12,14H,5H2,1-4H3. The van der Waals surface area contributed by atoms with Gasteiger partial charge in [-0.3, -0.25) is 0 Å². The molecule has 0 radical (unpaired) electrons. The van der Waals surface area contributed by atoms with Crippen molar-refractivity contribution in [1.29, 1.82) is 0 Å². The minimum Gasteiger partial charge on any atom is -0.497 e. The van der Waals surface area contributed by atoms with Gasteiger partial charge in [-0.05, 0) is 55.3 Å². The number of sulfonamides is 1. The van der Waals surface area contributed by atoms with Crippen LogP contribution in [0.15, 0.2) is 47.4 Å². The average molecular weight is 351 g/mol. The summed E-state index contributed by atoms with van der Waals surface area (Å²) in [6.07, 6.45) is 0. The first kappa shape index (κ1) is 18.4. The van der Waals surface area contributed by atoms with Crippen LogP contribution >= 0.6 is 0 Å². The number of hydrogen-bond donors (Lipinski definition) is 0. The fourth-order valence-electron chi connectivity index (χ4n) is 2.75. The highest BCUT2D eigenvalue weighted by molar-refractivity contribution is 7.89. The number of methoxy groups -OCH3 is 1. The van der Waals surface area contributed by atoms with Crippen molar-refractivity contribution >= 4 is 10.0 Å². The molecule has 2 aromatic rings. The Hall–Kier alpha value is -1.92. The van der Waals surface area contributed by atoms with E-state index in [-0.39, 0.29) is 10.9 Å². The Morgan fingerprint density at radius 2 is 1.92 bits per heavy atom. The van der Waals surface area contributed by atoms with E-state index >= 15 is 0 Å². The Morgan fingerprint density at radius 3 is 2.50 bits per heavy atom. The largest absolute Gasteiger partial charge is 0.497 e. The predicted molar refractivity (Wildman–Crippen MR) is 92.1 cm³/mol. The molecule has 0 amide bonds. The lowest BCUT2D eigenvalue weighted by Gasteiger charge is -2.28. The summed E-state index contributed by atoms with van der Waals surface area (Å²) in [5.74, 6) is 0.223. The first-order valence-corrected chi connectivity index (χ1v) is 9.17. The molecule has 0 aliphatic carbocycles. The van der Waals surface area contributed by atoms with Crippen molar-refractivity contribution < 1.29 is 17.5 Å². The van der Waals surface area contributed by atoms with Crippen LogP contribution in [-0.2, 0) is 10.0 Å². The molecule has 0 saturated heterocycles. The third-order valence-electron chi connectivity index (χ3n) is 4.04. The molecule has 130 valence electrons. The molecule has 0 N–H and O–H groups in total. The van der Waals surface area contributed by atoms with Crippen molar-refractivity contribution in [2.75, 3.05) is 13.7 Å². The summed E-state index contributed by atoms with van der Waals surface area (Å²) in [5.41, 5.74) is 1.23. The van der Waals surface area contributed by atoms with Gasteiger partial charge in [0.15, 0.2) is 0 Å². The number of aryl methyl sites for hydroxylation is 1. The van der Waals surface area contributed by atoms with E-state index in [1.165, 1.54) is 22.5 Å². The highest BCUT2D eigenvalue weighted by Gasteiger charge is 2.30. The summed E-state index contributed by atoms with van der Waals surface area (Å²) in [7, 11) is -2.17. The highest BCUT2D eigenvalue weighted by Crippen LogP contribution is 2.30. The van der Waals surface area contributed by atoms with Gasteiger partial charge in [0.05, 0.1) is 12.0 Å². The van der Waals surface area contributed by atoms with Crippen LogP contribution in [0.4, 0.5) is 4.39 Å². The van der Waals surface area contributed by atoms with Crippen LogP contribution < -0.4 is 4.74 Å². The minimum absolute atomic E-state index is 0.125. The SMILES string of the molecule is CCN(C(C)c1cccc(OC)c1)S(=O)(=O)c1ccc(F)cc1C. The van der Waals surface area contributed by atoms with Gasteiger partial charge < -0.3 is 4.74 Å². The van der Waals surface area contributed by atoms with Gasteiger partial charge in [-0.15, -0.1) is 0 Å². The van der Waals surface area contributed by atoms with Crippen LogP contribution in [0, 0.1) is 12.7 Å². The van der Waals surface area contributed by atoms with Gasteiger partial charge >= 0.3 is 0 Å². The van der Waals surface area contributed by atoms with Crippen LogP contribution in [-0.4, -0.2) is 26.4 Å². The quantitative estimate of drug-likeness (QED) is 0.792. The number of nitrogens with zero attached hydrogens (tertiary/aromatic N) is 1. The Bertz CT molecular complexity index is 821. The molecule has 1 unspecified atom stereocenters. The van der Waals surface area contributed by atoms with Gasteiger partial charge in [-0.1, -0.05) is 19.1 Å². The van der Waals surface area contributed by atoms with Crippen molar-refractivity contribution in [2.24, 2.45) is 0 Å². The fraction of sp³-hybridized carbons (Fsp3) is 0.333. The molecule has 0 saturated carbocycles. The molecule has 0 aromatic heterocycles. The minimum atomic E-state index is -3.74. The molecular weight excluding hydrogens is 329 g/mol. The monoisotopic (exact) mass is 351 g/mol. The van der Waals surface area contributed by atoms with Crippen molar-refractivity contribution in [3.05, 3.63) is 59.4 Å². The van der Waals surface area contributed by atoms with Gasteiger partial charge in [-0.2, -0.15) is 4.31 Å². The molecule has 1 atom stereocenters. The molecule has 0 aliphatic heterocycles. The van der Waals surface area contributed by atoms with Crippen LogP contribution in [0.3, 0.4) is 0 Å². The molecule has 0 heterocycles. The number of hydrogen-bond acceptors (Lipinski definition) is 3. The summed E-state index contributed by atoms with van der Waals surface area (Å²) in [6, 6.07) is 10.7. The van der Waals surface area contributed by atoms with E-state index in [1.54, 1.807) is 21.0 Å². The summed E-state index contributed by atoms with van der Waals surface area (Å²) in [6.45, 7) is 5.51. The molecule has 0 spiro atoms. The van der Waals surface area contributed by atoms with E-state index in [9.17, 15) is 12.8 Å². The lowest BCUT2D eigenvalue weighted by atomic mass is 10.1. The van der Waals surface area contributed by atoms with Crippen LogP contribution in [0.2, 0.25) is 0 Å². The Morgan fingerprint density at radius 1 is 1.21 bits per heavy atom. The maximum Gasteiger partial charge on any atom is 0.243 e. The summed E-state index contributed by atoms with van der Waals surface area (Å²) < 4.78 is 46.0. The number of rotatable bonds is 6. The third kappa shape index (κ3) is 3.60. The molecule has 2 aromatic carbocycles. The summed E-state index contributed by atoms with van der Waals surface area (Å²) in [5, 5.41) is 0. The van der Waals surface area contributed by atoms with Gasteiger partial charge in [0.2, 0.25) is 10.0 Å². The average Bonchev–Trinajstić information content (AvgIpc) is 2.54. The molecule has 4 nitrogen and oxygen atoms in total. The van der Waals surface area contributed by atoms with Crippen LogP contribution in [0.25, 0.3) is 0 Å². The van der Waals surface area contributed by atoms with E-state index in [4.69, 9.17) is 4.74 Å². The first-order valence-electron chi connectivity index (χ1n) is 7.73. The van der Waals surface area contributed by atoms with Gasteiger partial charge in [0.1, 0.15) is 11.6 Å². The fourth-order valence-corrected chi connectivity index (χ4v) is 4.58. The second-order valence-corrected chi connectivity index (χ2v) is 7.43. The Labute approximate surface area is 142 Å². The van der Waals surface area contributed by atoms with Gasteiger partial charge in [-0.25, -0.2) is 12.8 Å². The van der Waals surface area contributed by atoms with Gasteiger partial charge in [0.25, 0.3) is 0 Å². The smallest absolute Gasteiger partial charge is 0.243 e. The van der Waals surface area contributed by atoms with Crippen molar-refractivity contribution in [1.82, 2.24) is 4.31 Å². The predicted octanol–water partition coefficient (Wildman–Crippen LogP) is 3.91. The zero-order valence-corrected chi connectivity index (χ0v) is 15.1. The maximum atomic E-state index is 13.3. The number of ether oxygens (including phenoxy) is 1. The number of benzene rings is 2. The third-order valence-corrected chi connectivity index (χ3v) is 6.25. The second-order valence-electron chi connectivity index (χ2n) is 5.57. The Kier molecular flexibility index (Phi) is 5.62. The molecule has 6 heteroatoms.